The molecule has 0 saturated heterocycles. The van der Waals surface area contributed by atoms with Crippen LogP contribution in [0.3, 0.4) is 0 Å². The maximum Gasteiger partial charge on any atom is 0.416 e. The molecule has 0 atom stereocenters. The minimum Gasteiger partial charge on any atom is -0.310 e. The second-order valence-corrected chi connectivity index (χ2v) is 5.27. The van der Waals surface area contributed by atoms with Gasteiger partial charge in [0.15, 0.2) is 0 Å². The third-order valence-corrected chi connectivity index (χ3v) is 3.22. The van der Waals surface area contributed by atoms with Crippen LogP contribution in [0.5, 0.6) is 0 Å². The van der Waals surface area contributed by atoms with Crippen molar-refractivity contribution in [1.29, 1.82) is 0 Å². The Morgan fingerprint density at radius 1 is 1.00 bits per heavy atom. The molecule has 0 bridgehead atoms. The lowest BCUT2D eigenvalue weighted by molar-refractivity contribution is -0.137. The van der Waals surface area contributed by atoms with Gasteiger partial charge in [0.2, 0.25) is 0 Å². The van der Waals surface area contributed by atoms with Crippen LogP contribution in [0, 0.1) is 0 Å². The van der Waals surface area contributed by atoms with Crippen molar-refractivity contribution in [3.05, 3.63) is 59.7 Å². The van der Waals surface area contributed by atoms with Crippen molar-refractivity contribution in [2.24, 2.45) is 0 Å². The molecule has 0 aliphatic carbocycles. The van der Waals surface area contributed by atoms with Crippen molar-refractivity contribution in [3.63, 3.8) is 0 Å². The van der Waals surface area contributed by atoms with E-state index in [2.05, 4.69) is 5.32 Å². The molecule has 0 aliphatic heterocycles. The van der Waals surface area contributed by atoms with E-state index in [1.807, 2.05) is 38.1 Å². The van der Waals surface area contributed by atoms with E-state index in [1.165, 1.54) is 12.1 Å². The predicted octanol–water partition coefficient (Wildman–Crippen LogP) is 4.87. The molecular weight excluding hydrogens is 275 g/mol. The maximum atomic E-state index is 12.8. The highest BCUT2D eigenvalue weighted by Crippen LogP contribution is 2.33. The zero-order chi connectivity index (χ0) is 15.5. The summed E-state index contributed by atoms with van der Waals surface area (Å²) in [6.07, 6.45) is -4.32. The average Bonchev–Trinajstić information content (AvgIpc) is 2.44. The highest BCUT2D eigenvalue weighted by atomic mass is 19.4. The molecule has 0 spiro atoms. The molecule has 0 aromatic heterocycles. The smallest absolute Gasteiger partial charge is 0.310 e. The summed E-state index contributed by atoms with van der Waals surface area (Å²) in [5, 5.41) is 3.29. The first-order valence-corrected chi connectivity index (χ1v) is 6.87. The van der Waals surface area contributed by atoms with Crippen LogP contribution in [0.4, 0.5) is 13.2 Å². The van der Waals surface area contributed by atoms with E-state index in [4.69, 9.17) is 0 Å². The van der Waals surface area contributed by atoms with Gasteiger partial charge in [-0.05, 0) is 28.8 Å². The minimum absolute atomic E-state index is 0.319. The Morgan fingerprint density at radius 2 is 1.71 bits per heavy atom. The number of halogens is 3. The second-order valence-electron chi connectivity index (χ2n) is 5.27. The van der Waals surface area contributed by atoms with E-state index in [0.717, 1.165) is 17.2 Å². The molecule has 0 heterocycles. The van der Waals surface area contributed by atoms with E-state index >= 15 is 0 Å². The van der Waals surface area contributed by atoms with Crippen LogP contribution in [-0.4, -0.2) is 6.04 Å². The zero-order valence-electron chi connectivity index (χ0n) is 12.0. The first-order valence-electron chi connectivity index (χ1n) is 6.87. The van der Waals surface area contributed by atoms with Gasteiger partial charge in [-0.25, -0.2) is 0 Å². The van der Waals surface area contributed by atoms with Crippen molar-refractivity contribution in [3.8, 4) is 11.1 Å². The van der Waals surface area contributed by atoms with Gasteiger partial charge in [-0.2, -0.15) is 13.2 Å². The molecule has 2 rings (SSSR count). The molecule has 2 aromatic carbocycles. The molecule has 0 amide bonds. The topological polar surface area (TPSA) is 12.0 Å². The largest absolute Gasteiger partial charge is 0.416 e. The zero-order valence-corrected chi connectivity index (χ0v) is 12.0. The van der Waals surface area contributed by atoms with Crippen molar-refractivity contribution in [1.82, 2.24) is 5.32 Å². The second kappa shape index (κ2) is 6.31. The number of hydrogen-bond acceptors (Lipinski definition) is 1. The van der Waals surface area contributed by atoms with Crippen LogP contribution in [0.2, 0.25) is 0 Å². The van der Waals surface area contributed by atoms with Gasteiger partial charge >= 0.3 is 6.18 Å². The lowest BCUT2D eigenvalue weighted by Gasteiger charge is -2.14. The van der Waals surface area contributed by atoms with Crippen LogP contribution < -0.4 is 5.32 Å². The Labute approximate surface area is 122 Å². The SMILES string of the molecule is CC(C)NCc1ccccc1-c1cccc(C(F)(F)F)c1. The van der Waals surface area contributed by atoms with Crippen molar-refractivity contribution in [2.45, 2.75) is 32.6 Å². The molecule has 21 heavy (non-hydrogen) atoms. The lowest BCUT2D eigenvalue weighted by atomic mass is 9.98. The maximum absolute atomic E-state index is 12.8. The summed E-state index contributed by atoms with van der Waals surface area (Å²) in [5.41, 5.74) is 1.79. The van der Waals surface area contributed by atoms with Gasteiger partial charge in [-0.15, -0.1) is 0 Å². The highest BCUT2D eigenvalue weighted by molar-refractivity contribution is 5.68. The van der Waals surface area contributed by atoms with Gasteiger partial charge in [0.05, 0.1) is 5.56 Å². The summed E-state index contributed by atoms with van der Waals surface area (Å²) in [6, 6.07) is 13.3. The quantitative estimate of drug-likeness (QED) is 0.848. The van der Waals surface area contributed by atoms with Gasteiger partial charge in [0, 0.05) is 12.6 Å². The molecule has 0 fully saturated rings. The van der Waals surface area contributed by atoms with Gasteiger partial charge in [-0.3, -0.25) is 0 Å². The van der Waals surface area contributed by atoms with Gasteiger partial charge in [-0.1, -0.05) is 50.2 Å². The third-order valence-electron chi connectivity index (χ3n) is 3.22. The fourth-order valence-electron chi connectivity index (χ4n) is 2.13. The lowest BCUT2D eigenvalue weighted by Crippen LogP contribution is -2.22. The molecule has 0 saturated carbocycles. The third kappa shape index (κ3) is 4.08. The van der Waals surface area contributed by atoms with E-state index in [-0.39, 0.29) is 0 Å². The summed E-state index contributed by atoms with van der Waals surface area (Å²) in [7, 11) is 0. The number of nitrogens with one attached hydrogen (secondary N) is 1. The average molecular weight is 293 g/mol. The molecule has 1 N–H and O–H groups in total. The molecule has 0 radical (unpaired) electrons. The normalized spacial score (nSPS) is 11.9. The van der Waals surface area contributed by atoms with E-state index in [1.54, 1.807) is 6.07 Å². The Hall–Kier alpha value is -1.81. The Balaban J connectivity index is 2.38. The van der Waals surface area contributed by atoms with Crippen LogP contribution in [0.25, 0.3) is 11.1 Å². The predicted molar refractivity (Wildman–Crippen MR) is 78.9 cm³/mol. The summed E-state index contributed by atoms with van der Waals surface area (Å²) in [6.45, 7) is 4.70. The van der Waals surface area contributed by atoms with E-state index < -0.39 is 11.7 Å². The number of benzene rings is 2. The number of rotatable bonds is 4. The molecule has 0 unspecified atom stereocenters. The standard InChI is InChI=1S/C17H18F3N/c1-12(2)21-11-14-6-3-4-9-16(14)13-7-5-8-15(10-13)17(18,19)20/h3-10,12,21H,11H2,1-2H3. The van der Waals surface area contributed by atoms with Gasteiger partial charge < -0.3 is 5.32 Å². The van der Waals surface area contributed by atoms with Crippen LogP contribution in [0.15, 0.2) is 48.5 Å². The summed E-state index contributed by atoms with van der Waals surface area (Å²) >= 11 is 0. The van der Waals surface area contributed by atoms with Crippen molar-refractivity contribution < 1.29 is 13.2 Å². The van der Waals surface area contributed by atoms with E-state index in [0.29, 0.717) is 18.2 Å². The van der Waals surface area contributed by atoms with Crippen LogP contribution >= 0.6 is 0 Å². The fourth-order valence-corrected chi connectivity index (χ4v) is 2.13. The first kappa shape index (κ1) is 15.6. The first-order chi connectivity index (χ1) is 9.88. The summed E-state index contributed by atoms with van der Waals surface area (Å²) < 4.78 is 38.5. The van der Waals surface area contributed by atoms with Gasteiger partial charge in [0.1, 0.15) is 0 Å². The molecule has 4 heteroatoms. The Kier molecular flexibility index (Phi) is 4.68. The monoisotopic (exact) mass is 293 g/mol. The molecule has 112 valence electrons. The summed E-state index contributed by atoms with van der Waals surface area (Å²) in [4.78, 5) is 0. The van der Waals surface area contributed by atoms with E-state index in [9.17, 15) is 13.2 Å². The molecule has 1 nitrogen and oxygen atoms in total. The molecular formula is C17H18F3N. The minimum atomic E-state index is -4.32. The van der Waals surface area contributed by atoms with Crippen LogP contribution in [0.1, 0.15) is 25.0 Å². The molecule has 0 aliphatic rings. The van der Waals surface area contributed by atoms with Gasteiger partial charge in [0.25, 0.3) is 0 Å². The van der Waals surface area contributed by atoms with Crippen LogP contribution in [-0.2, 0) is 12.7 Å². The Morgan fingerprint density at radius 3 is 2.38 bits per heavy atom. The molecule has 2 aromatic rings. The summed E-state index contributed by atoms with van der Waals surface area (Å²) in [5.74, 6) is 0. The Bertz CT molecular complexity index is 603. The van der Waals surface area contributed by atoms with Crippen molar-refractivity contribution >= 4 is 0 Å². The van der Waals surface area contributed by atoms with Crippen molar-refractivity contribution in [2.75, 3.05) is 0 Å². The number of hydrogen-bond donors (Lipinski definition) is 1. The number of alkyl halides is 3. The highest BCUT2D eigenvalue weighted by Gasteiger charge is 2.30. The fraction of sp³-hybridized carbons (Fsp3) is 0.294.